The first-order valence-electron chi connectivity index (χ1n) is 8.92. The number of nitrogens with zero attached hydrogens (tertiary/aromatic N) is 2. The fourth-order valence-electron chi connectivity index (χ4n) is 3.19. The quantitative estimate of drug-likeness (QED) is 0.395. The Morgan fingerprint density at radius 2 is 1.89 bits per heavy atom. The second-order valence-electron chi connectivity index (χ2n) is 6.72. The van der Waals surface area contributed by atoms with Crippen molar-refractivity contribution in [3.8, 4) is 0 Å². The zero-order valence-corrected chi connectivity index (χ0v) is 17.4. The molecule has 28 heavy (non-hydrogen) atoms. The molecule has 1 amide bonds. The summed E-state index contributed by atoms with van der Waals surface area (Å²) in [6.45, 7) is 6.02. The van der Waals surface area contributed by atoms with Crippen molar-refractivity contribution in [1.29, 1.82) is 0 Å². The number of aryl methyl sites for hydroxylation is 3. The smallest absolute Gasteiger partial charge is 0.263 e. The Kier molecular flexibility index (Phi) is 4.96. The van der Waals surface area contributed by atoms with Crippen LogP contribution >= 0.6 is 22.9 Å². The van der Waals surface area contributed by atoms with Gasteiger partial charge in [-0.3, -0.25) is 9.69 Å². The molecule has 0 saturated heterocycles. The lowest BCUT2D eigenvalue weighted by Gasteiger charge is -2.19. The van der Waals surface area contributed by atoms with Crippen LogP contribution < -0.4 is 4.90 Å². The predicted octanol–water partition coefficient (Wildman–Crippen LogP) is 6.31. The van der Waals surface area contributed by atoms with Gasteiger partial charge in [0.1, 0.15) is 11.5 Å². The number of rotatable bonds is 4. The molecule has 0 spiro atoms. The molecule has 2 aromatic carbocycles. The SMILES string of the molecule is Cc1cc(C(=O)N(Cc2ccccc2)c2nc3c(C)c(Cl)ccc3s2)c(C)o1. The Labute approximate surface area is 172 Å². The number of carbonyl (C=O) groups is 1. The molecule has 0 aliphatic rings. The van der Waals surface area contributed by atoms with Crippen molar-refractivity contribution in [1.82, 2.24) is 4.98 Å². The highest BCUT2D eigenvalue weighted by molar-refractivity contribution is 7.22. The van der Waals surface area contributed by atoms with Gasteiger partial charge in [-0.1, -0.05) is 53.3 Å². The van der Waals surface area contributed by atoms with E-state index in [1.807, 2.05) is 63.2 Å². The zero-order chi connectivity index (χ0) is 19.8. The maximum atomic E-state index is 13.4. The molecule has 2 aromatic heterocycles. The number of fused-ring (bicyclic) bond motifs is 1. The Hall–Kier alpha value is -2.63. The highest BCUT2D eigenvalue weighted by Gasteiger charge is 2.25. The molecule has 0 atom stereocenters. The van der Waals surface area contributed by atoms with Gasteiger partial charge in [0.2, 0.25) is 0 Å². The summed E-state index contributed by atoms with van der Waals surface area (Å²) >= 11 is 7.75. The first-order chi connectivity index (χ1) is 13.4. The highest BCUT2D eigenvalue weighted by Crippen LogP contribution is 2.35. The first kappa shape index (κ1) is 18.7. The topological polar surface area (TPSA) is 46.3 Å². The molecule has 4 rings (SSSR count). The summed E-state index contributed by atoms with van der Waals surface area (Å²) in [5.41, 5.74) is 3.34. The number of hydrogen-bond acceptors (Lipinski definition) is 4. The van der Waals surface area contributed by atoms with Crippen LogP contribution in [0.2, 0.25) is 5.02 Å². The summed E-state index contributed by atoms with van der Waals surface area (Å²) in [5, 5.41) is 1.32. The van der Waals surface area contributed by atoms with Crippen LogP contribution in [0.15, 0.2) is 52.9 Å². The summed E-state index contributed by atoms with van der Waals surface area (Å²) < 4.78 is 6.59. The van der Waals surface area contributed by atoms with Crippen LogP contribution in [0.4, 0.5) is 5.13 Å². The molecule has 0 aliphatic heterocycles. The second kappa shape index (κ2) is 7.41. The molecule has 4 nitrogen and oxygen atoms in total. The normalized spacial score (nSPS) is 11.1. The van der Waals surface area contributed by atoms with Crippen molar-refractivity contribution in [3.63, 3.8) is 0 Å². The molecular formula is C22H19ClN2O2S. The number of amides is 1. The molecule has 0 radical (unpaired) electrons. The van der Waals surface area contributed by atoms with Gasteiger partial charge in [0, 0.05) is 5.02 Å². The molecule has 142 valence electrons. The monoisotopic (exact) mass is 410 g/mol. The molecule has 2 heterocycles. The van der Waals surface area contributed by atoms with E-state index < -0.39 is 0 Å². The molecule has 4 aromatic rings. The lowest BCUT2D eigenvalue weighted by Crippen LogP contribution is -2.30. The molecule has 0 unspecified atom stereocenters. The van der Waals surface area contributed by atoms with E-state index in [0.717, 1.165) is 21.3 Å². The Bertz CT molecular complexity index is 1160. The molecule has 0 bridgehead atoms. The van der Waals surface area contributed by atoms with Crippen molar-refractivity contribution >= 4 is 44.2 Å². The van der Waals surface area contributed by atoms with E-state index in [0.29, 0.717) is 33.8 Å². The number of hydrogen-bond donors (Lipinski definition) is 0. The minimum atomic E-state index is -0.124. The number of benzene rings is 2. The Balaban J connectivity index is 1.82. The van der Waals surface area contributed by atoms with Crippen LogP contribution in [-0.2, 0) is 6.54 Å². The van der Waals surface area contributed by atoms with Crippen molar-refractivity contribution in [2.24, 2.45) is 0 Å². The van der Waals surface area contributed by atoms with E-state index in [1.165, 1.54) is 11.3 Å². The molecule has 0 fully saturated rings. The van der Waals surface area contributed by atoms with Crippen molar-refractivity contribution in [2.45, 2.75) is 27.3 Å². The molecule has 0 N–H and O–H groups in total. The van der Waals surface area contributed by atoms with Gasteiger partial charge >= 0.3 is 0 Å². The summed E-state index contributed by atoms with van der Waals surface area (Å²) in [4.78, 5) is 19.9. The minimum Gasteiger partial charge on any atom is -0.466 e. The van der Waals surface area contributed by atoms with E-state index in [9.17, 15) is 4.79 Å². The highest BCUT2D eigenvalue weighted by atomic mass is 35.5. The lowest BCUT2D eigenvalue weighted by molar-refractivity contribution is 0.0983. The predicted molar refractivity (Wildman–Crippen MR) is 115 cm³/mol. The third-order valence-corrected chi connectivity index (χ3v) is 6.12. The molecular weight excluding hydrogens is 392 g/mol. The van der Waals surface area contributed by atoms with Gasteiger partial charge in [-0.05, 0) is 50.1 Å². The summed E-state index contributed by atoms with van der Waals surface area (Å²) in [6, 6.07) is 15.5. The van der Waals surface area contributed by atoms with E-state index in [4.69, 9.17) is 21.0 Å². The maximum Gasteiger partial charge on any atom is 0.263 e. The fraction of sp³-hybridized carbons (Fsp3) is 0.182. The zero-order valence-electron chi connectivity index (χ0n) is 15.8. The van der Waals surface area contributed by atoms with Crippen molar-refractivity contribution < 1.29 is 9.21 Å². The fourth-order valence-corrected chi connectivity index (χ4v) is 4.36. The summed E-state index contributed by atoms with van der Waals surface area (Å²) in [6.07, 6.45) is 0. The number of aromatic nitrogens is 1. The average Bonchev–Trinajstić information content (AvgIpc) is 3.26. The van der Waals surface area contributed by atoms with Crippen LogP contribution in [0.25, 0.3) is 10.2 Å². The molecule has 0 aliphatic carbocycles. The third-order valence-electron chi connectivity index (χ3n) is 4.67. The number of thiazole rings is 1. The summed E-state index contributed by atoms with van der Waals surface area (Å²) in [7, 11) is 0. The van der Waals surface area contributed by atoms with Gasteiger partial charge in [-0.15, -0.1) is 0 Å². The van der Waals surface area contributed by atoms with E-state index in [1.54, 1.807) is 11.0 Å². The largest absolute Gasteiger partial charge is 0.466 e. The number of halogens is 1. The van der Waals surface area contributed by atoms with Gasteiger partial charge in [0.15, 0.2) is 5.13 Å². The van der Waals surface area contributed by atoms with E-state index in [-0.39, 0.29) is 5.91 Å². The van der Waals surface area contributed by atoms with Crippen molar-refractivity contribution in [2.75, 3.05) is 4.90 Å². The van der Waals surface area contributed by atoms with Gasteiger partial charge in [0.25, 0.3) is 5.91 Å². The Morgan fingerprint density at radius 3 is 2.57 bits per heavy atom. The standard InChI is InChI=1S/C22H19ClN2O2S/c1-13-11-17(15(3)27-13)21(26)25(12-16-7-5-4-6-8-16)22-24-20-14(2)18(23)9-10-19(20)28-22/h4-11H,12H2,1-3H3. The number of furan rings is 1. The van der Waals surface area contributed by atoms with Crippen LogP contribution in [0, 0.1) is 20.8 Å². The second-order valence-corrected chi connectivity index (χ2v) is 8.14. The lowest BCUT2D eigenvalue weighted by atomic mass is 10.2. The van der Waals surface area contributed by atoms with E-state index in [2.05, 4.69) is 0 Å². The van der Waals surface area contributed by atoms with E-state index >= 15 is 0 Å². The number of carbonyl (C=O) groups excluding carboxylic acids is 1. The van der Waals surface area contributed by atoms with Crippen LogP contribution in [0.5, 0.6) is 0 Å². The van der Waals surface area contributed by atoms with Gasteiger partial charge in [0.05, 0.1) is 22.3 Å². The number of anilines is 1. The maximum absolute atomic E-state index is 13.4. The third kappa shape index (κ3) is 3.43. The molecule has 6 heteroatoms. The average molecular weight is 411 g/mol. The Morgan fingerprint density at radius 1 is 1.14 bits per heavy atom. The van der Waals surface area contributed by atoms with Crippen molar-refractivity contribution in [3.05, 3.63) is 81.8 Å². The molecule has 0 saturated carbocycles. The van der Waals surface area contributed by atoms with Gasteiger partial charge in [-0.25, -0.2) is 4.98 Å². The van der Waals surface area contributed by atoms with Crippen LogP contribution in [0.3, 0.4) is 0 Å². The summed E-state index contributed by atoms with van der Waals surface area (Å²) in [5.74, 6) is 1.20. The van der Waals surface area contributed by atoms with Gasteiger partial charge in [-0.2, -0.15) is 0 Å². The van der Waals surface area contributed by atoms with Gasteiger partial charge < -0.3 is 4.42 Å². The minimum absolute atomic E-state index is 0.124. The van der Waals surface area contributed by atoms with Crippen LogP contribution in [0.1, 0.15) is 33.0 Å². The first-order valence-corrected chi connectivity index (χ1v) is 10.1. The van der Waals surface area contributed by atoms with Crippen LogP contribution in [-0.4, -0.2) is 10.9 Å².